The van der Waals surface area contributed by atoms with Crippen molar-refractivity contribution in [1.29, 1.82) is 0 Å². The van der Waals surface area contributed by atoms with Crippen molar-refractivity contribution in [2.24, 2.45) is 5.92 Å². The maximum Gasteiger partial charge on any atom is 0.119 e. The van der Waals surface area contributed by atoms with E-state index in [1.807, 2.05) is 0 Å². The van der Waals surface area contributed by atoms with Gasteiger partial charge in [0.25, 0.3) is 0 Å². The van der Waals surface area contributed by atoms with E-state index in [2.05, 4.69) is 44.3 Å². The van der Waals surface area contributed by atoms with Crippen molar-refractivity contribution in [2.45, 2.75) is 39.2 Å². The Labute approximate surface area is 104 Å². The van der Waals surface area contributed by atoms with Gasteiger partial charge < -0.3 is 10.1 Å². The van der Waals surface area contributed by atoms with Crippen LogP contribution in [-0.2, 0) is 5.54 Å². The Morgan fingerprint density at radius 2 is 2.12 bits per heavy atom. The molecule has 0 aliphatic carbocycles. The molecule has 0 radical (unpaired) electrons. The Hall–Kier alpha value is -1.02. The van der Waals surface area contributed by atoms with Gasteiger partial charge in [-0.15, -0.1) is 0 Å². The summed E-state index contributed by atoms with van der Waals surface area (Å²) in [6.45, 7) is 7.93. The van der Waals surface area contributed by atoms with Crippen molar-refractivity contribution >= 4 is 0 Å². The predicted octanol–water partition coefficient (Wildman–Crippen LogP) is 3.24. The van der Waals surface area contributed by atoms with Gasteiger partial charge in [-0.25, -0.2) is 0 Å². The number of benzene rings is 1. The molecule has 17 heavy (non-hydrogen) atoms. The van der Waals surface area contributed by atoms with Gasteiger partial charge >= 0.3 is 0 Å². The molecule has 1 unspecified atom stereocenters. The summed E-state index contributed by atoms with van der Waals surface area (Å²) < 4.78 is 5.29. The second-order valence-electron chi connectivity index (χ2n) is 5.34. The number of nitrogens with one attached hydrogen (secondary N) is 1. The average Bonchev–Trinajstić information content (AvgIpc) is 2.79. The van der Waals surface area contributed by atoms with Crippen LogP contribution in [0.4, 0.5) is 0 Å². The van der Waals surface area contributed by atoms with Crippen molar-refractivity contribution < 1.29 is 4.74 Å². The molecule has 0 spiro atoms. The summed E-state index contributed by atoms with van der Waals surface area (Å²) in [6, 6.07) is 6.44. The Balaban J connectivity index is 2.43. The minimum atomic E-state index is 0.163. The van der Waals surface area contributed by atoms with Gasteiger partial charge in [-0.2, -0.15) is 0 Å². The number of ether oxygens (including phenoxy) is 1. The van der Waals surface area contributed by atoms with Crippen LogP contribution in [0.25, 0.3) is 0 Å². The molecule has 2 rings (SSSR count). The van der Waals surface area contributed by atoms with E-state index < -0.39 is 0 Å². The van der Waals surface area contributed by atoms with Crippen LogP contribution in [0.2, 0.25) is 0 Å². The second kappa shape index (κ2) is 4.69. The third kappa shape index (κ3) is 2.06. The zero-order valence-electron chi connectivity index (χ0n) is 11.3. The molecule has 1 atom stereocenters. The first-order chi connectivity index (χ1) is 8.10. The van der Waals surface area contributed by atoms with E-state index in [1.165, 1.54) is 24.0 Å². The summed E-state index contributed by atoms with van der Waals surface area (Å²) in [5.41, 5.74) is 2.93. The minimum Gasteiger partial charge on any atom is -0.497 e. The van der Waals surface area contributed by atoms with E-state index in [9.17, 15) is 0 Å². The Bertz CT molecular complexity index is 392. The molecule has 1 aliphatic heterocycles. The lowest BCUT2D eigenvalue weighted by Crippen LogP contribution is -2.42. The van der Waals surface area contributed by atoms with Crippen LogP contribution in [0.5, 0.6) is 5.75 Å². The van der Waals surface area contributed by atoms with Crippen LogP contribution in [0.3, 0.4) is 0 Å². The van der Waals surface area contributed by atoms with E-state index in [1.54, 1.807) is 7.11 Å². The number of hydrogen-bond donors (Lipinski definition) is 1. The van der Waals surface area contributed by atoms with Gasteiger partial charge in [0.05, 0.1) is 7.11 Å². The normalized spacial score (nSPS) is 24.3. The monoisotopic (exact) mass is 233 g/mol. The van der Waals surface area contributed by atoms with E-state index in [0.29, 0.717) is 5.92 Å². The van der Waals surface area contributed by atoms with Gasteiger partial charge in [-0.3, -0.25) is 0 Å². The lowest BCUT2D eigenvalue weighted by molar-refractivity contribution is 0.275. The molecule has 1 aromatic rings. The number of rotatable bonds is 3. The first-order valence-corrected chi connectivity index (χ1v) is 6.50. The number of methoxy groups -OCH3 is 1. The molecular formula is C15H23NO. The van der Waals surface area contributed by atoms with Crippen molar-refractivity contribution in [2.75, 3.05) is 13.7 Å². The van der Waals surface area contributed by atoms with Crippen molar-refractivity contribution in [3.05, 3.63) is 29.3 Å². The molecule has 1 saturated heterocycles. The Morgan fingerprint density at radius 3 is 2.59 bits per heavy atom. The lowest BCUT2D eigenvalue weighted by atomic mass is 9.77. The van der Waals surface area contributed by atoms with Crippen LogP contribution in [0, 0.1) is 12.8 Å². The number of hydrogen-bond acceptors (Lipinski definition) is 2. The second-order valence-corrected chi connectivity index (χ2v) is 5.34. The van der Waals surface area contributed by atoms with Crippen molar-refractivity contribution in [3.63, 3.8) is 0 Å². The highest BCUT2D eigenvalue weighted by atomic mass is 16.5. The molecule has 2 heteroatoms. The summed E-state index contributed by atoms with van der Waals surface area (Å²) in [5.74, 6) is 1.56. The van der Waals surface area contributed by atoms with E-state index in [4.69, 9.17) is 4.74 Å². The van der Waals surface area contributed by atoms with Gasteiger partial charge in [0.15, 0.2) is 0 Å². The van der Waals surface area contributed by atoms with Crippen LogP contribution >= 0.6 is 0 Å². The van der Waals surface area contributed by atoms with Crippen molar-refractivity contribution in [3.8, 4) is 5.75 Å². The first kappa shape index (κ1) is 12.4. The molecule has 0 saturated carbocycles. The Morgan fingerprint density at radius 1 is 1.35 bits per heavy atom. The van der Waals surface area contributed by atoms with Gasteiger partial charge in [-0.1, -0.05) is 19.9 Å². The molecule has 1 aromatic carbocycles. The van der Waals surface area contributed by atoms with Gasteiger partial charge in [0, 0.05) is 5.54 Å². The van der Waals surface area contributed by atoms with E-state index in [-0.39, 0.29) is 5.54 Å². The van der Waals surface area contributed by atoms with Gasteiger partial charge in [0.2, 0.25) is 0 Å². The molecular weight excluding hydrogens is 210 g/mol. The summed E-state index contributed by atoms with van der Waals surface area (Å²) in [5, 5.41) is 3.72. The summed E-state index contributed by atoms with van der Waals surface area (Å²) in [7, 11) is 1.72. The molecule has 0 bridgehead atoms. The zero-order valence-corrected chi connectivity index (χ0v) is 11.3. The van der Waals surface area contributed by atoms with Crippen LogP contribution < -0.4 is 10.1 Å². The maximum atomic E-state index is 5.29. The topological polar surface area (TPSA) is 21.3 Å². The SMILES string of the molecule is COc1ccc(C2(C(C)C)CCCN2)c(C)c1. The van der Waals surface area contributed by atoms with E-state index >= 15 is 0 Å². The number of aryl methyl sites for hydroxylation is 1. The summed E-state index contributed by atoms with van der Waals surface area (Å²) in [4.78, 5) is 0. The highest BCUT2D eigenvalue weighted by Crippen LogP contribution is 2.39. The fraction of sp³-hybridized carbons (Fsp3) is 0.600. The largest absolute Gasteiger partial charge is 0.497 e. The molecule has 0 aromatic heterocycles. The van der Waals surface area contributed by atoms with E-state index in [0.717, 1.165) is 12.3 Å². The zero-order chi connectivity index (χ0) is 12.5. The third-order valence-electron chi connectivity index (χ3n) is 4.09. The molecule has 2 nitrogen and oxygen atoms in total. The smallest absolute Gasteiger partial charge is 0.119 e. The molecule has 1 heterocycles. The minimum absolute atomic E-state index is 0.163. The molecule has 1 fully saturated rings. The summed E-state index contributed by atoms with van der Waals surface area (Å²) in [6.07, 6.45) is 2.50. The predicted molar refractivity (Wildman–Crippen MR) is 71.5 cm³/mol. The quantitative estimate of drug-likeness (QED) is 0.865. The highest BCUT2D eigenvalue weighted by Gasteiger charge is 2.39. The Kier molecular flexibility index (Phi) is 3.43. The van der Waals surface area contributed by atoms with Crippen molar-refractivity contribution in [1.82, 2.24) is 5.32 Å². The standard InChI is InChI=1S/C15H23NO/c1-11(2)15(8-5-9-16-15)14-7-6-13(17-4)10-12(14)3/h6-7,10-11,16H,5,8-9H2,1-4H3. The van der Waals surface area contributed by atoms with Crippen LogP contribution in [0.1, 0.15) is 37.8 Å². The molecule has 1 aliphatic rings. The fourth-order valence-corrected chi connectivity index (χ4v) is 3.06. The average molecular weight is 233 g/mol. The van der Waals surface area contributed by atoms with Crippen LogP contribution in [0.15, 0.2) is 18.2 Å². The molecule has 94 valence electrons. The van der Waals surface area contributed by atoms with Crippen LogP contribution in [-0.4, -0.2) is 13.7 Å². The summed E-state index contributed by atoms with van der Waals surface area (Å²) >= 11 is 0. The highest BCUT2D eigenvalue weighted by molar-refractivity contribution is 5.40. The fourth-order valence-electron chi connectivity index (χ4n) is 3.06. The molecule has 0 amide bonds. The van der Waals surface area contributed by atoms with Gasteiger partial charge in [-0.05, 0) is 55.5 Å². The lowest BCUT2D eigenvalue weighted by Gasteiger charge is -2.36. The van der Waals surface area contributed by atoms with Gasteiger partial charge in [0.1, 0.15) is 5.75 Å². The first-order valence-electron chi connectivity index (χ1n) is 6.50. The maximum absolute atomic E-state index is 5.29. The third-order valence-corrected chi connectivity index (χ3v) is 4.09. The molecule has 1 N–H and O–H groups in total.